The summed E-state index contributed by atoms with van der Waals surface area (Å²) in [6.45, 7) is 9.55. The van der Waals surface area contributed by atoms with Crippen LogP contribution in [0.25, 0.3) is 0 Å². The lowest BCUT2D eigenvalue weighted by atomic mass is 9.45. The quantitative estimate of drug-likeness (QED) is 0.219. The average Bonchev–Trinajstić information content (AvgIpc) is 3.60. The average molecular weight is 697 g/mol. The molecule has 1 aliphatic heterocycles. The van der Waals surface area contributed by atoms with E-state index in [1.165, 1.54) is 18.3 Å². The minimum absolute atomic E-state index is 0.0220. The Bertz CT molecular complexity index is 1670. The molecular formula is C37H44O11S. The van der Waals surface area contributed by atoms with Gasteiger partial charge in [-0.05, 0) is 43.0 Å². The fourth-order valence-electron chi connectivity index (χ4n) is 8.71. The lowest BCUT2D eigenvalue weighted by molar-refractivity contribution is -0.344. The monoisotopic (exact) mass is 696 g/mol. The van der Waals surface area contributed by atoms with Crippen molar-refractivity contribution in [2.24, 2.45) is 16.7 Å². The highest BCUT2D eigenvalue weighted by molar-refractivity contribution is 7.10. The summed E-state index contributed by atoms with van der Waals surface area (Å²) < 4.78 is 24.2. The third-order valence-corrected chi connectivity index (χ3v) is 13.0. The maximum absolute atomic E-state index is 14.7. The van der Waals surface area contributed by atoms with Crippen LogP contribution in [-0.2, 0) is 33.3 Å². The summed E-state index contributed by atoms with van der Waals surface area (Å²) in [5.74, 6) is -4.63. The van der Waals surface area contributed by atoms with Gasteiger partial charge in [-0.25, -0.2) is 9.59 Å². The summed E-state index contributed by atoms with van der Waals surface area (Å²) in [7, 11) is 0. The smallest absolute Gasteiger partial charge is 0.338 e. The van der Waals surface area contributed by atoms with Gasteiger partial charge in [0.05, 0.1) is 29.6 Å². The third kappa shape index (κ3) is 5.38. The second kappa shape index (κ2) is 12.4. The Kier molecular flexibility index (Phi) is 8.97. The Morgan fingerprint density at radius 1 is 1.06 bits per heavy atom. The van der Waals surface area contributed by atoms with Gasteiger partial charge in [0, 0.05) is 42.4 Å². The van der Waals surface area contributed by atoms with E-state index in [-0.39, 0.29) is 31.4 Å². The van der Waals surface area contributed by atoms with Crippen molar-refractivity contribution in [1.82, 2.24) is 0 Å². The molecule has 49 heavy (non-hydrogen) atoms. The topological polar surface area (TPSA) is 166 Å². The molecular weight excluding hydrogens is 652 g/mol. The molecule has 2 heterocycles. The van der Waals surface area contributed by atoms with E-state index in [9.17, 15) is 34.5 Å². The number of carbonyl (C=O) groups is 4. The van der Waals surface area contributed by atoms with Crippen molar-refractivity contribution in [3.63, 3.8) is 0 Å². The predicted molar refractivity (Wildman–Crippen MR) is 176 cm³/mol. The fourth-order valence-corrected chi connectivity index (χ4v) is 9.53. The van der Waals surface area contributed by atoms with Crippen LogP contribution in [0.2, 0.25) is 0 Å². The maximum atomic E-state index is 14.7. The van der Waals surface area contributed by atoms with Crippen molar-refractivity contribution < 1.29 is 53.4 Å². The molecule has 2 aromatic rings. The fraction of sp³-hybridized carbons (Fsp3) is 0.568. The number of aliphatic hydroxyl groups is 3. The van der Waals surface area contributed by atoms with Crippen molar-refractivity contribution in [2.75, 3.05) is 6.61 Å². The van der Waals surface area contributed by atoms with Crippen LogP contribution in [0.1, 0.15) is 82.0 Å². The van der Waals surface area contributed by atoms with Gasteiger partial charge in [0.15, 0.2) is 11.7 Å². The third-order valence-electron chi connectivity index (χ3n) is 11.9. The Balaban J connectivity index is 1.51. The molecule has 3 N–H and O–H groups in total. The number of carbonyl (C=O) groups excluding carboxylic acids is 4. The summed E-state index contributed by atoms with van der Waals surface area (Å²) in [6.07, 6.45) is -6.89. The normalized spacial score (nSPS) is 36.1. The SMILES string of the molecule is CC(=O)OC12COC1CC(O)[C@@]1(C)C(=O)CC3=C(C)C(OC(=O)C(O)C(C)c4cccs4)CC(O)(C(OC(=O)c4ccccc4)C21)C3(C)C. The highest BCUT2D eigenvalue weighted by Gasteiger charge is 2.77. The van der Waals surface area contributed by atoms with Crippen LogP contribution >= 0.6 is 11.3 Å². The summed E-state index contributed by atoms with van der Waals surface area (Å²) in [4.78, 5) is 55.6. The number of Topliss-reactive ketones (excluding diaryl/α,β-unsaturated/α-hetero) is 1. The van der Waals surface area contributed by atoms with Crippen LogP contribution in [0.3, 0.4) is 0 Å². The zero-order valence-corrected chi connectivity index (χ0v) is 29.3. The van der Waals surface area contributed by atoms with Crippen molar-refractivity contribution in [2.45, 2.75) is 108 Å². The van der Waals surface area contributed by atoms with Crippen LogP contribution < -0.4 is 0 Å². The molecule has 12 heteroatoms. The van der Waals surface area contributed by atoms with Crippen molar-refractivity contribution in [3.8, 4) is 0 Å². The van der Waals surface area contributed by atoms with Crippen LogP contribution in [0.15, 0.2) is 59.0 Å². The molecule has 3 aliphatic carbocycles. The maximum Gasteiger partial charge on any atom is 0.338 e. The van der Waals surface area contributed by atoms with Gasteiger partial charge in [0.25, 0.3) is 0 Å². The largest absolute Gasteiger partial charge is 0.456 e. The first-order chi connectivity index (χ1) is 23.0. The molecule has 6 rings (SSSR count). The standard InChI is InChI=1S/C37H44O11S/c1-19-23-15-26(39)35(6)27(40)16-28-36(18-45-28,48-21(3)38)30(35)31(47-32(42)22-11-8-7-9-12-22)37(44,34(23,4)5)17-24(19)46-33(43)29(41)20(2)25-13-10-14-49-25/h7-14,20,24,27-31,40-41,44H,15-18H2,1-6H3/t20?,24?,27?,28?,29?,30?,31?,35-,36?,37?/m1/s1. The van der Waals surface area contributed by atoms with Gasteiger partial charge in [0.2, 0.25) is 0 Å². The van der Waals surface area contributed by atoms with Crippen molar-refractivity contribution in [1.29, 1.82) is 0 Å². The van der Waals surface area contributed by atoms with E-state index >= 15 is 0 Å². The highest BCUT2D eigenvalue weighted by atomic mass is 32.1. The van der Waals surface area contributed by atoms with E-state index in [4.69, 9.17) is 18.9 Å². The Labute approximate surface area is 289 Å². The number of thiophene rings is 1. The first kappa shape index (κ1) is 35.4. The summed E-state index contributed by atoms with van der Waals surface area (Å²) in [5.41, 5.74) is -5.36. The van der Waals surface area contributed by atoms with Gasteiger partial charge in [-0.1, -0.05) is 50.6 Å². The molecule has 3 fully saturated rings. The van der Waals surface area contributed by atoms with E-state index in [1.807, 2.05) is 17.5 Å². The molecule has 0 amide bonds. The van der Waals surface area contributed by atoms with E-state index < -0.39 is 88.1 Å². The van der Waals surface area contributed by atoms with E-state index in [2.05, 4.69) is 0 Å². The lowest BCUT2D eigenvalue weighted by Gasteiger charge is -2.67. The van der Waals surface area contributed by atoms with Crippen molar-refractivity contribution in [3.05, 3.63) is 69.4 Å². The number of aliphatic hydroxyl groups excluding tert-OH is 2. The number of benzene rings is 1. The number of esters is 3. The lowest BCUT2D eigenvalue weighted by Crippen LogP contribution is -2.80. The minimum atomic E-state index is -2.06. The molecule has 9 unspecified atom stereocenters. The first-order valence-electron chi connectivity index (χ1n) is 16.6. The molecule has 2 saturated carbocycles. The molecule has 0 radical (unpaired) electrons. The van der Waals surface area contributed by atoms with Gasteiger partial charge in [0.1, 0.15) is 29.7 Å². The number of rotatable bonds is 7. The molecule has 0 spiro atoms. The Morgan fingerprint density at radius 2 is 1.76 bits per heavy atom. The summed E-state index contributed by atoms with van der Waals surface area (Å²) >= 11 is 1.40. The van der Waals surface area contributed by atoms with Gasteiger partial charge < -0.3 is 34.3 Å². The zero-order chi connectivity index (χ0) is 35.7. The van der Waals surface area contributed by atoms with Crippen molar-refractivity contribution >= 4 is 35.0 Å². The number of hydrogen-bond acceptors (Lipinski definition) is 12. The number of ketones is 1. The molecule has 2 bridgehead atoms. The first-order valence-corrected chi connectivity index (χ1v) is 17.5. The van der Waals surface area contributed by atoms with E-state index in [0.29, 0.717) is 11.1 Å². The molecule has 4 aliphatic rings. The van der Waals surface area contributed by atoms with E-state index in [1.54, 1.807) is 65.0 Å². The van der Waals surface area contributed by atoms with Crippen LogP contribution in [0.5, 0.6) is 0 Å². The predicted octanol–water partition coefficient (Wildman–Crippen LogP) is 3.89. The van der Waals surface area contributed by atoms with Crippen LogP contribution in [-0.4, -0.2) is 87.3 Å². The van der Waals surface area contributed by atoms with Gasteiger partial charge in [-0.3, -0.25) is 9.59 Å². The van der Waals surface area contributed by atoms with Crippen LogP contribution in [0.4, 0.5) is 0 Å². The van der Waals surface area contributed by atoms with Gasteiger partial charge in [-0.15, -0.1) is 11.3 Å². The minimum Gasteiger partial charge on any atom is -0.456 e. The molecule has 11 nitrogen and oxygen atoms in total. The zero-order valence-electron chi connectivity index (χ0n) is 28.5. The van der Waals surface area contributed by atoms with Crippen LogP contribution in [0, 0.1) is 16.7 Å². The number of hydrogen-bond donors (Lipinski definition) is 3. The molecule has 1 saturated heterocycles. The molecule has 264 valence electrons. The van der Waals surface area contributed by atoms with Gasteiger partial charge >= 0.3 is 17.9 Å². The van der Waals surface area contributed by atoms with Gasteiger partial charge in [-0.2, -0.15) is 0 Å². The Hall–Kier alpha value is -3.42. The summed E-state index contributed by atoms with van der Waals surface area (Å²) in [5, 5.41) is 37.8. The van der Waals surface area contributed by atoms with E-state index in [0.717, 1.165) is 4.88 Å². The molecule has 1 aromatic heterocycles. The second-order valence-corrected chi connectivity index (χ2v) is 15.7. The summed E-state index contributed by atoms with van der Waals surface area (Å²) in [6, 6.07) is 11.8. The number of fused-ring (bicyclic) bond motifs is 5. The molecule has 10 atom stereocenters. The Morgan fingerprint density at radius 3 is 2.35 bits per heavy atom. The highest BCUT2D eigenvalue weighted by Crippen LogP contribution is 2.64. The second-order valence-electron chi connectivity index (χ2n) is 14.7. The molecule has 1 aromatic carbocycles. The number of ether oxygens (including phenoxy) is 4.